The number of hydrogen-bond acceptors (Lipinski definition) is 3. The molecule has 1 fully saturated rings. The number of aliphatic imine (C=N–C) groups is 1. The molecule has 0 aromatic heterocycles. The smallest absolute Gasteiger partial charge is 0.193 e. The largest absolute Gasteiger partial charge is 0.497 e. The van der Waals surface area contributed by atoms with Crippen molar-refractivity contribution in [1.82, 2.24) is 15.1 Å². The van der Waals surface area contributed by atoms with Crippen molar-refractivity contribution in [3.8, 4) is 5.75 Å². The van der Waals surface area contributed by atoms with Crippen molar-refractivity contribution in [3.05, 3.63) is 29.8 Å². The number of methoxy groups -OCH3 is 1. The van der Waals surface area contributed by atoms with Crippen LogP contribution in [0.15, 0.2) is 29.3 Å². The van der Waals surface area contributed by atoms with Crippen LogP contribution in [0.5, 0.6) is 5.75 Å². The molecule has 1 aromatic rings. The van der Waals surface area contributed by atoms with Crippen LogP contribution >= 0.6 is 0 Å². The highest BCUT2D eigenvalue weighted by molar-refractivity contribution is 5.79. The Kier molecular flexibility index (Phi) is 7.37. The number of piperidine rings is 1. The Morgan fingerprint density at radius 3 is 2.42 bits per heavy atom. The summed E-state index contributed by atoms with van der Waals surface area (Å²) in [5.41, 5.74) is 1.32. The number of nitrogens with zero attached hydrogens (tertiary/aromatic N) is 3. The molecule has 0 radical (unpaired) electrons. The number of guanidine groups is 1. The number of rotatable bonds is 6. The number of hydrogen-bond donors (Lipinski definition) is 1. The molecule has 0 spiro atoms. The Bertz CT molecular complexity index is 507. The lowest BCUT2D eigenvalue weighted by Gasteiger charge is -2.34. The van der Waals surface area contributed by atoms with Gasteiger partial charge < -0.3 is 15.0 Å². The highest BCUT2D eigenvalue weighted by Gasteiger charge is 2.22. The Morgan fingerprint density at radius 1 is 1.21 bits per heavy atom. The van der Waals surface area contributed by atoms with E-state index in [0.29, 0.717) is 6.04 Å². The molecule has 1 heterocycles. The van der Waals surface area contributed by atoms with E-state index in [-0.39, 0.29) is 0 Å². The predicted molar refractivity (Wildman–Crippen MR) is 101 cm³/mol. The molecule has 0 aliphatic carbocycles. The van der Waals surface area contributed by atoms with Gasteiger partial charge in [-0.05, 0) is 50.6 Å². The molecular formula is C19H32N4O. The summed E-state index contributed by atoms with van der Waals surface area (Å²) in [5, 5.41) is 3.35. The van der Waals surface area contributed by atoms with E-state index in [2.05, 4.69) is 29.3 Å². The van der Waals surface area contributed by atoms with Crippen LogP contribution in [0.25, 0.3) is 0 Å². The van der Waals surface area contributed by atoms with E-state index in [1.54, 1.807) is 7.11 Å². The molecule has 24 heavy (non-hydrogen) atoms. The molecule has 1 saturated heterocycles. The van der Waals surface area contributed by atoms with Gasteiger partial charge in [0.1, 0.15) is 5.75 Å². The zero-order valence-electron chi connectivity index (χ0n) is 15.6. The van der Waals surface area contributed by atoms with Crippen molar-refractivity contribution in [1.29, 1.82) is 0 Å². The summed E-state index contributed by atoms with van der Waals surface area (Å²) in [6, 6.07) is 8.77. The molecule has 1 aliphatic heterocycles. The number of ether oxygens (including phenoxy) is 1. The average molecular weight is 332 g/mol. The van der Waals surface area contributed by atoms with Gasteiger partial charge in [0.15, 0.2) is 5.96 Å². The fourth-order valence-corrected chi connectivity index (χ4v) is 3.17. The minimum Gasteiger partial charge on any atom is -0.497 e. The molecule has 2 rings (SSSR count). The van der Waals surface area contributed by atoms with Crippen molar-refractivity contribution < 1.29 is 4.74 Å². The van der Waals surface area contributed by atoms with Crippen LogP contribution < -0.4 is 10.1 Å². The number of benzene rings is 1. The fourth-order valence-electron chi connectivity index (χ4n) is 3.17. The van der Waals surface area contributed by atoms with Gasteiger partial charge in [0.2, 0.25) is 0 Å². The topological polar surface area (TPSA) is 40.1 Å². The molecule has 0 amide bonds. The zero-order chi connectivity index (χ0) is 17.4. The van der Waals surface area contributed by atoms with E-state index in [4.69, 9.17) is 9.73 Å². The van der Waals surface area contributed by atoms with Gasteiger partial charge in [-0.3, -0.25) is 9.89 Å². The first-order valence-corrected chi connectivity index (χ1v) is 8.99. The summed E-state index contributed by atoms with van der Waals surface area (Å²) in [5.74, 6) is 1.86. The molecule has 134 valence electrons. The van der Waals surface area contributed by atoms with Crippen molar-refractivity contribution in [2.45, 2.75) is 32.2 Å². The first-order chi connectivity index (χ1) is 11.7. The summed E-state index contributed by atoms with van der Waals surface area (Å²) in [6.45, 7) is 6.07. The second-order valence-electron chi connectivity index (χ2n) is 6.47. The van der Waals surface area contributed by atoms with Crippen LogP contribution in [0.3, 0.4) is 0 Å². The standard InChI is InChI=1S/C19H32N4O/c1-5-20-19(22(2)3)21-15-18(23-13-7-6-8-14-23)16-9-11-17(24-4)12-10-16/h9-12,18H,5-8,13-15H2,1-4H3,(H,20,21). The summed E-state index contributed by atoms with van der Waals surface area (Å²) in [4.78, 5) is 9.49. The van der Waals surface area contributed by atoms with E-state index in [1.165, 1.54) is 24.8 Å². The Morgan fingerprint density at radius 2 is 1.88 bits per heavy atom. The molecule has 1 aliphatic rings. The lowest BCUT2D eigenvalue weighted by atomic mass is 10.0. The van der Waals surface area contributed by atoms with E-state index in [9.17, 15) is 0 Å². The summed E-state index contributed by atoms with van der Waals surface area (Å²) >= 11 is 0. The minimum absolute atomic E-state index is 0.324. The third-order valence-corrected chi connectivity index (χ3v) is 4.50. The Hall–Kier alpha value is -1.75. The molecule has 1 aromatic carbocycles. The Balaban J connectivity index is 2.19. The molecule has 5 heteroatoms. The zero-order valence-corrected chi connectivity index (χ0v) is 15.6. The van der Waals surface area contributed by atoms with Crippen molar-refractivity contribution in [3.63, 3.8) is 0 Å². The van der Waals surface area contributed by atoms with Crippen LogP contribution in [-0.4, -0.2) is 63.1 Å². The summed E-state index contributed by atoms with van der Waals surface area (Å²) in [6.07, 6.45) is 3.91. The van der Waals surface area contributed by atoms with Crippen LogP contribution in [0, 0.1) is 0 Å². The van der Waals surface area contributed by atoms with Gasteiger partial charge in [0, 0.05) is 20.6 Å². The maximum Gasteiger partial charge on any atom is 0.193 e. The van der Waals surface area contributed by atoms with Gasteiger partial charge in [-0.1, -0.05) is 18.6 Å². The maximum absolute atomic E-state index is 5.30. The van der Waals surface area contributed by atoms with Gasteiger partial charge in [-0.2, -0.15) is 0 Å². The van der Waals surface area contributed by atoms with Gasteiger partial charge in [-0.15, -0.1) is 0 Å². The first-order valence-electron chi connectivity index (χ1n) is 8.99. The second-order valence-corrected chi connectivity index (χ2v) is 6.47. The molecule has 0 saturated carbocycles. The molecule has 1 atom stereocenters. The molecular weight excluding hydrogens is 300 g/mol. The molecule has 1 N–H and O–H groups in total. The lowest BCUT2D eigenvalue weighted by molar-refractivity contribution is 0.167. The van der Waals surface area contributed by atoms with E-state index in [0.717, 1.165) is 37.9 Å². The normalized spacial score (nSPS) is 17.4. The van der Waals surface area contributed by atoms with Crippen LogP contribution in [-0.2, 0) is 0 Å². The molecule has 1 unspecified atom stereocenters. The van der Waals surface area contributed by atoms with E-state index >= 15 is 0 Å². The monoisotopic (exact) mass is 332 g/mol. The van der Waals surface area contributed by atoms with Gasteiger partial charge >= 0.3 is 0 Å². The van der Waals surface area contributed by atoms with Crippen molar-refractivity contribution in [2.75, 3.05) is 47.4 Å². The highest BCUT2D eigenvalue weighted by Crippen LogP contribution is 2.26. The minimum atomic E-state index is 0.324. The highest BCUT2D eigenvalue weighted by atomic mass is 16.5. The average Bonchev–Trinajstić information content (AvgIpc) is 2.62. The third-order valence-electron chi connectivity index (χ3n) is 4.50. The fraction of sp³-hybridized carbons (Fsp3) is 0.632. The predicted octanol–water partition coefficient (Wildman–Crippen LogP) is 2.75. The van der Waals surface area contributed by atoms with E-state index < -0.39 is 0 Å². The van der Waals surface area contributed by atoms with E-state index in [1.807, 2.05) is 31.1 Å². The van der Waals surface area contributed by atoms with Crippen LogP contribution in [0.1, 0.15) is 37.8 Å². The molecule has 5 nitrogen and oxygen atoms in total. The molecule has 0 bridgehead atoms. The maximum atomic E-state index is 5.30. The van der Waals surface area contributed by atoms with Gasteiger partial charge in [0.25, 0.3) is 0 Å². The Labute approximate surface area is 146 Å². The van der Waals surface area contributed by atoms with Crippen molar-refractivity contribution in [2.24, 2.45) is 4.99 Å². The number of nitrogens with one attached hydrogen (secondary N) is 1. The number of likely N-dealkylation sites (tertiary alicyclic amines) is 1. The van der Waals surface area contributed by atoms with Crippen LogP contribution in [0.2, 0.25) is 0 Å². The summed E-state index contributed by atoms with van der Waals surface area (Å²) in [7, 11) is 5.77. The van der Waals surface area contributed by atoms with Crippen LogP contribution in [0.4, 0.5) is 0 Å². The second kappa shape index (κ2) is 9.52. The first kappa shape index (κ1) is 18.6. The van der Waals surface area contributed by atoms with Gasteiger partial charge in [0.05, 0.1) is 19.7 Å². The van der Waals surface area contributed by atoms with Gasteiger partial charge in [-0.25, -0.2) is 0 Å². The SMILES string of the molecule is CCNC(=NCC(c1ccc(OC)cc1)N1CCCCC1)N(C)C. The third kappa shape index (κ3) is 5.13. The lowest BCUT2D eigenvalue weighted by Crippen LogP contribution is -2.39. The van der Waals surface area contributed by atoms with Crippen molar-refractivity contribution >= 4 is 5.96 Å². The summed E-state index contributed by atoms with van der Waals surface area (Å²) < 4.78 is 5.30. The quantitative estimate of drug-likeness (QED) is 0.642.